The van der Waals surface area contributed by atoms with Crippen LogP contribution in [0.1, 0.15) is 34.0 Å². The highest BCUT2D eigenvalue weighted by atomic mass is 32.2. The van der Waals surface area contributed by atoms with E-state index in [9.17, 15) is 9.59 Å². The molecule has 5 heteroatoms. The van der Waals surface area contributed by atoms with Crippen LogP contribution in [0.25, 0.3) is 0 Å². The van der Waals surface area contributed by atoms with E-state index < -0.39 is 5.54 Å². The zero-order valence-electron chi connectivity index (χ0n) is 18.0. The molecule has 1 aliphatic heterocycles. The first-order valence-electron chi connectivity index (χ1n) is 10.3. The van der Waals surface area contributed by atoms with E-state index in [1.165, 1.54) is 5.56 Å². The van der Waals surface area contributed by atoms with E-state index in [0.29, 0.717) is 18.5 Å². The minimum absolute atomic E-state index is 0.147. The van der Waals surface area contributed by atoms with Crippen molar-refractivity contribution in [3.8, 4) is 0 Å². The maximum Gasteiger partial charge on any atom is 0.259 e. The average molecular weight is 431 g/mol. The summed E-state index contributed by atoms with van der Waals surface area (Å²) < 4.78 is 0. The molecule has 4 rings (SSSR count). The molecule has 1 atom stereocenters. The second kappa shape index (κ2) is 8.60. The Morgan fingerprint density at radius 2 is 1.71 bits per heavy atom. The summed E-state index contributed by atoms with van der Waals surface area (Å²) in [7, 11) is 0. The van der Waals surface area contributed by atoms with Gasteiger partial charge in [0.05, 0.1) is 0 Å². The summed E-state index contributed by atoms with van der Waals surface area (Å²) >= 11 is 1.64. The van der Waals surface area contributed by atoms with Crippen molar-refractivity contribution in [1.29, 1.82) is 0 Å². The van der Waals surface area contributed by atoms with Crippen LogP contribution in [-0.2, 0) is 17.8 Å². The molecule has 0 saturated heterocycles. The number of nitrogens with one attached hydrogen (secondary N) is 1. The fourth-order valence-corrected chi connectivity index (χ4v) is 4.48. The van der Waals surface area contributed by atoms with Gasteiger partial charge in [0.15, 0.2) is 0 Å². The van der Waals surface area contributed by atoms with E-state index in [0.717, 1.165) is 21.7 Å². The normalized spacial score (nSPS) is 17.9. The lowest BCUT2D eigenvalue weighted by atomic mass is 9.82. The van der Waals surface area contributed by atoms with Gasteiger partial charge >= 0.3 is 0 Å². The van der Waals surface area contributed by atoms with E-state index >= 15 is 0 Å². The minimum atomic E-state index is -1.03. The number of fused-ring (bicyclic) bond motifs is 1. The Hall–Kier alpha value is -3.05. The minimum Gasteiger partial charge on any atom is -0.350 e. The molecule has 0 fully saturated rings. The van der Waals surface area contributed by atoms with Crippen LogP contribution in [0.5, 0.6) is 0 Å². The topological polar surface area (TPSA) is 49.4 Å². The first-order chi connectivity index (χ1) is 14.9. The molecule has 158 valence electrons. The zero-order chi connectivity index (χ0) is 22.0. The van der Waals surface area contributed by atoms with Crippen molar-refractivity contribution in [1.82, 2.24) is 5.32 Å². The Morgan fingerprint density at radius 3 is 2.39 bits per heavy atom. The summed E-state index contributed by atoms with van der Waals surface area (Å²) in [6, 6.07) is 23.5. The summed E-state index contributed by atoms with van der Waals surface area (Å²) in [6.45, 7) is 4.31. The van der Waals surface area contributed by atoms with Gasteiger partial charge in [-0.3, -0.25) is 14.5 Å². The number of rotatable bonds is 5. The molecule has 0 radical (unpaired) electrons. The summed E-state index contributed by atoms with van der Waals surface area (Å²) in [6.07, 6.45) is 2.47. The molecule has 0 saturated carbocycles. The standard InChI is InChI=1S/C26H26N2O2S/c1-18-8-10-19(11-9-18)17-27-25(30)26(2)16-20-6-4-5-7-23(20)24(29)28(26)21-12-14-22(31-3)15-13-21/h4-15H,16-17H2,1-3H3,(H,27,30)/t26-/m1/s1. The number of benzene rings is 3. The monoisotopic (exact) mass is 430 g/mol. The molecule has 2 amide bonds. The lowest BCUT2D eigenvalue weighted by molar-refractivity contribution is -0.126. The highest BCUT2D eigenvalue weighted by Gasteiger charge is 2.47. The summed E-state index contributed by atoms with van der Waals surface area (Å²) in [5.41, 5.74) is 3.46. The second-order valence-electron chi connectivity index (χ2n) is 8.11. The summed E-state index contributed by atoms with van der Waals surface area (Å²) in [5.74, 6) is -0.309. The molecule has 0 bridgehead atoms. The van der Waals surface area contributed by atoms with E-state index in [2.05, 4.69) is 5.32 Å². The number of hydrogen-bond donors (Lipinski definition) is 1. The largest absolute Gasteiger partial charge is 0.350 e. The quantitative estimate of drug-likeness (QED) is 0.580. The lowest BCUT2D eigenvalue weighted by Crippen LogP contribution is -2.63. The van der Waals surface area contributed by atoms with Crippen molar-refractivity contribution in [2.24, 2.45) is 0 Å². The van der Waals surface area contributed by atoms with Gasteiger partial charge in [0.2, 0.25) is 5.91 Å². The van der Waals surface area contributed by atoms with Crippen LogP contribution in [0, 0.1) is 6.92 Å². The molecule has 1 aliphatic rings. The number of nitrogens with zero attached hydrogens (tertiary/aromatic N) is 1. The van der Waals surface area contributed by atoms with Crippen LogP contribution in [0.3, 0.4) is 0 Å². The molecule has 3 aromatic carbocycles. The number of carbonyl (C=O) groups excluding carboxylic acids is 2. The van der Waals surface area contributed by atoms with E-state index in [-0.39, 0.29) is 11.8 Å². The fraction of sp³-hybridized carbons (Fsp3) is 0.231. The number of hydrogen-bond acceptors (Lipinski definition) is 3. The van der Waals surface area contributed by atoms with Crippen LogP contribution in [0.2, 0.25) is 0 Å². The molecule has 31 heavy (non-hydrogen) atoms. The van der Waals surface area contributed by atoms with Crippen molar-refractivity contribution >= 4 is 29.3 Å². The lowest BCUT2D eigenvalue weighted by Gasteiger charge is -2.44. The number of anilines is 1. The van der Waals surface area contributed by atoms with Gasteiger partial charge in [-0.05, 0) is 61.6 Å². The molecular weight excluding hydrogens is 404 g/mol. The van der Waals surface area contributed by atoms with Gasteiger partial charge in [-0.25, -0.2) is 0 Å². The van der Waals surface area contributed by atoms with Gasteiger partial charge in [-0.15, -0.1) is 11.8 Å². The van der Waals surface area contributed by atoms with Gasteiger partial charge in [-0.2, -0.15) is 0 Å². The maximum absolute atomic E-state index is 13.5. The number of aryl methyl sites for hydroxylation is 1. The van der Waals surface area contributed by atoms with Crippen molar-refractivity contribution < 1.29 is 9.59 Å². The van der Waals surface area contributed by atoms with Gasteiger partial charge in [0, 0.05) is 29.1 Å². The molecular formula is C26H26N2O2S. The summed E-state index contributed by atoms with van der Waals surface area (Å²) in [4.78, 5) is 29.8. The highest BCUT2D eigenvalue weighted by molar-refractivity contribution is 7.98. The number of carbonyl (C=O) groups is 2. The molecule has 0 spiro atoms. The molecule has 1 heterocycles. The van der Waals surface area contributed by atoms with Gasteiger partial charge in [0.25, 0.3) is 5.91 Å². The van der Waals surface area contributed by atoms with E-state index in [1.807, 2.05) is 92.9 Å². The number of thioether (sulfide) groups is 1. The SMILES string of the molecule is CSc1ccc(N2C(=O)c3ccccc3C[C@]2(C)C(=O)NCc2ccc(C)cc2)cc1. The molecule has 3 aromatic rings. The van der Waals surface area contributed by atoms with E-state index in [1.54, 1.807) is 16.7 Å². The third-order valence-corrected chi connectivity index (χ3v) is 6.62. The summed E-state index contributed by atoms with van der Waals surface area (Å²) in [5, 5.41) is 3.07. The highest BCUT2D eigenvalue weighted by Crippen LogP contribution is 2.36. The van der Waals surface area contributed by atoms with Crippen LogP contribution in [0.4, 0.5) is 5.69 Å². The van der Waals surface area contributed by atoms with Crippen LogP contribution in [0.15, 0.2) is 77.7 Å². The predicted octanol–water partition coefficient (Wildman–Crippen LogP) is 4.99. The Morgan fingerprint density at radius 1 is 1.03 bits per heavy atom. The molecule has 0 aromatic heterocycles. The smallest absolute Gasteiger partial charge is 0.259 e. The zero-order valence-corrected chi connectivity index (χ0v) is 18.8. The second-order valence-corrected chi connectivity index (χ2v) is 8.99. The Labute approximate surface area is 187 Å². The average Bonchev–Trinajstić information content (AvgIpc) is 2.79. The van der Waals surface area contributed by atoms with Crippen molar-refractivity contribution in [2.75, 3.05) is 11.2 Å². The fourth-order valence-electron chi connectivity index (χ4n) is 4.07. The van der Waals surface area contributed by atoms with Crippen molar-refractivity contribution in [3.63, 3.8) is 0 Å². The molecule has 0 aliphatic carbocycles. The third kappa shape index (κ3) is 4.10. The van der Waals surface area contributed by atoms with Crippen LogP contribution < -0.4 is 10.2 Å². The van der Waals surface area contributed by atoms with Crippen molar-refractivity contribution in [3.05, 3.63) is 95.1 Å². The van der Waals surface area contributed by atoms with Gasteiger partial charge in [-0.1, -0.05) is 48.0 Å². The van der Waals surface area contributed by atoms with Crippen LogP contribution >= 0.6 is 11.8 Å². The van der Waals surface area contributed by atoms with Crippen LogP contribution in [-0.4, -0.2) is 23.6 Å². The van der Waals surface area contributed by atoms with Gasteiger partial charge < -0.3 is 5.32 Å². The first-order valence-corrected chi connectivity index (χ1v) is 11.6. The Bertz CT molecular complexity index is 1110. The number of amides is 2. The molecule has 0 unspecified atom stereocenters. The van der Waals surface area contributed by atoms with Crippen molar-refractivity contribution in [2.45, 2.75) is 37.2 Å². The maximum atomic E-state index is 13.5. The van der Waals surface area contributed by atoms with Gasteiger partial charge in [0.1, 0.15) is 5.54 Å². The Kier molecular flexibility index (Phi) is 5.88. The first kappa shape index (κ1) is 21.2. The molecule has 1 N–H and O–H groups in total. The van der Waals surface area contributed by atoms with E-state index in [4.69, 9.17) is 0 Å². The third-order valence-electron chi connectivity index (χ3n) is 5.87. The molecule has 4 nitrogen and oxygen atoms in total. The predicted molar refractivity (Wildman–Crippen MR) is 127 cm³/mol. The Balaban J connectivity index is 1.69.